The predicted molar refractivity (Wildman–Crippen MR) is 129 cm³/mol. The summed E-state index contributed by atoms with van der Waals surface area (Å²) < 4.78 is 11.8. The van der Waals surface area contributed by atoms with Crippen molar-refractivity contribution in [2.45, 2.75) is 80.1 Å². The molecule has 2 amide bonds. The highest BCUT2D eigenvalue weighted by Gasteiger charge is 2.77. The van der Waals surface area contributed by atoms with Gasteiger partial charge >= 0.3 is 5.97 Å². The number of aliphatic hydroxyl groups is 1. The number of halogens is 1. The summed E-state index contributed by atoms with van der Waals surface area (Å²) in [7, 11) is 0. The smallest absolute Gasteiger partial charge is 0.312 e. The molecule has 3 aliphatic heterocycles. The summed E-state index contributed by atoms with van der Waals surface area (Å²) >= 11 is 3.65. The fourth-order valence-corrected chi connectivity index (χ4v) is 7.47. The standard InChI is InChI=1S/C25H35BrN2O6/c1-4-11-27(16-9-7-6-8-10-16)23(31)21-25-13-17(26)20(34-25)18(24(32)33-12-5-2)19(25)22(30)28(21)15(3)14-29/h4-5,15-21,29H,1-2,6-14H2,3H3/t15-,17?,18-,19+,20-,21?,25?/m1/s1. The number of fused-ring (bicyclic) bond motifs is 1. The highest BCUT2D eigenvalue weighted by Crippen LogP contribution is 2.60. The molecule has 8 nitrogen and oxygen atoms in total. The number of esters is 1. The Bertz CT molecular complexity index is 845. The van der Waals surface area contributed by atoms with Crippen LogP contribution in [0.15, 0.2) is 25.3 Å². The van der Waals surface area contributed by atoms with Crippen LogP contribution in [-0.2, 0) is 23.9 Å². The van der Waals surface area contributed by atoms with Crippen LogP contribution >= 0.6 is 15.9 Å². The maximum absolute atomic E-state index is 14.3. The van der Waals surface area contributed by atoms with Gasteiger partial charge in [-0.1, -0.05) is 53.9 Å². The Labute approximate surface area is 209 Å². The van der Waals surface area contributed by atoms with Crippen LogP contribution in [0, 0.1) is 11.8 Å². The number of alkyl halides is 1. The average molecular weight is 539 g/mol. The SMILES string of the molecule is C=CCOC(=O)[C@H]1[C@@H]2OC3(CC2Br)C(C(=O)N(CC=C)C2CCCCC2)N([C@H](C)CO)C(=O)[C@H]13. The van der Waals surface area contributed by atoms with E-state index in [0.29, 0.717) is 13.0 Å². The molecule has 1 aliphatic carbocycles. The summed E-state index contributed by atoms with van der Waals surface area (Å²) in [6.45, 7) is 9.28. The zero-order valence-corrected chi connectivity index (χ0v) is 21.3. The number of likely N-dealkylation sites (tertiary alicyclic amines) is 1. The topological polar surface area (TPSA) is 96.4 Å². The van der Waals surface area contributed by atoms with E-state index >= 15 is 0 Å². The second-order valence-electron chi connectivity index (χ2n) is 9.93. The highest BCUT2D eigenvalue weighted by atomic mass is 79.9. The quantitative estimate of drug-likeness (QED) is 0.274. The monoisotopic (exact) mass is 538 g/mol. The van der Waals surface area contributed by atoms with E-state index in [0.717, 1.165) is 32.1 Å². The van der Waals surface area contributed by atoms with Gasteiger partial charge in [0, 0.05) is 17.4 Å². The summed E-state index contributed by atoms with van der Waals surface area (Å²) in [5.41, 5.74) is -1.15. The maximum Gasteiger partial charge on any atom is 0.312 e. The minimum absolute atomic E-state index is 0.0385. The molecule has 9 heteroatoms. The van der Waals surface area contributed by atoms with Gasteiger partial charge in [-0.05, 0) is 26.2 Å². The third-order valence-corrected chi connectivity index (χ3v) is 8.78. The van der Waals surface area contributed by atoms with Crippen molar-refractivity contribution in [2.75, 3.05) is 19.8 Å². The first kappa shape index (κ1) is 25.4. The molecule has 34 heavy (non-hydrogen) atoms. The van der Waals surface area contributed by atoms with Crippen molar-refractivity contribution in [1.82, 2.24) is 9.80 Å². The average Bonchev–Trinajstić information content (AvgIpc) is 3.44. The lowest BCUT2D eigenvalue weighted by Crippen LogP contribution is -2.60. The second kappa shape index (κ2) is 10.1. The van der Waals surface area contributed by atoms with E-state index in [2.05, 4.69) is 29.1 Å². The lowest BCUT2D eigenvalue weighted by atomic mass is 9.70. The van der Waals surface area contributed by atoms with Gasteiger partial charge in [0.2, 0.25) is 11.8 Å². The van der Waals surface area contributed by atoms with Crippen molar-refractivity contribution in [2.24, 2.45) is 11.8 Å². The van der Waals surface area contributed by atoms with Crippen LogP contribution in [0.1, 0.15) is 45.4 Å². The molecule has 0 aromatic heterocycles. The minimum atomic E-state index is -1.15. The number of nitrogens with zero attached hydrogens (tertiary/aromatic N) is 2. The van der Waals surface area contributed by atoms with Gasteiger partial charge in [-0.25, -0.2) is 0 Å². The molecule has 3 heterocycles. The first-order valence-electron chi connectivity index (χ1n) is 12.3. The molecular weight excluding hydrogens is 504 g/mol. The number of aliphatic hydroxyl groups excluding tert-OH is 1. The van der Waals surface area contributed by atoms with Crippen LogP contribution in [0.3, 0.4) is 0 Å². The molecule has 188 valence electrons. The highest BCUT2D eigenvalue weighted by molar-refractivity contribution is 9.09. The lowest BCUT2D eigenvalue weighted by molar-refractivity contribution is -0.156. The molecule has 4 fully saturated rings. The van der Waals surface area contributed by atoms with Gasteiger partial charge in [0.1, 0.15) is 18.2 Å². The Morgan fingerprint density at radius 3 is 2.65 bits per heavy atom. The molecule has 3 unspecified atom stereocenters. The molecule has 1 saturated carbocycles. The number of hydrogen-bond acceptors (Lipinski definition) is 6. The van der Waals surface area contributed by atoms with Gasteiger partial charge in [0.25, 0.3) is 0 Å². The molecular formula is C25H35BrN2O6. The molecule has 0 aromatic rings. The predicted octanol–water partition coefficient (Wildman–Crippen LogP) is 2.19. The van der Waals surface area contributed by atoms with Gasteiger partial charge in [0.05, 0.1) is 30.6 Å². The fourth-order valence-electron chi connectivity index (χ4n) is 6.52. The van der Waals surface area contributed by atoms with Crippen LogP contribution < -0.4 is 0 Å². The van der Waals surface area contributed by atoms with E-state index < -0.39 is 41.6 Å². The normalized spacial score (nSPS) is 35.7. The third kappa shape index (κ3) is 3.93. The first-order valence-corrected chi connectivity index (χ1v) is 13.2. The van der Waals surface area contributed by atoms with Gasteiger partial charge in [-0.15, -0.1) is 6.58 Å². The van der Waals surface area contributed by atoms with Crippen LogP contribution in [0.25, 0.3) is 0 Å². The van der Waals surface area contributed by atoms with E-state index in [1.807, 2.05) is 4.90 Å². The van der Waals surface area contributed by atoms with Crippen molar-refractivity contribution < 1.29 is 29.0 Å². The second-order valence-corrected chi connectivity index (χ2v) is 11.1. The number of carbonyl (C=O) groups is 3. The largest absolute Gasteiger partial charge is 0.461 e. The first-order chi connectivity index (χ1) is 16.3. The molecule has 1 spiro atoms. The van der Waals surface area contributed by atoms with Crippen LogP contribution in [0.4, 0.5) is 0 Å². The summed E-state index contributed by atoms with van der Waals surface area (Å²) in [5, 5.41) is 9.99. The summed E-state index contributed by atoms with van der Waals surface area (Å²) in [6, 6.07) is -1.45. The van der Waals surface area contributed by atoms with Gasteiger partial charge in [-0.3, -0.25) is 14.4 Å². The number of carbonyl (C=O) groups excluding carboxylic acids is 3. The van der Waals surface area contributed by atoms with Gasteiger partial charge in [-0.2, -0.15) is 0 Å². The van der Waals surface area contributed by atoms with Crippen molar-refractivity contribution >= 4 is 33.7 Å². The van der Waals surface area contributed by atoms with Gasteiger partial charge in [0.15, 0.2) is 0 Å². The molecule has 2 bridgehead atoms. The molecule has 7 atom stereocenters. The Morgan fingerprint density at radius 2 is 2.03 bits per heavy atom. The van der Waals surface area contributed by atoms with Crippen LogP contribution in [-0.4, -0.2) is 87.1 Å². The van der Waals surface area contributed by atoms with E-state index in [4.69, 9.17) is 9.47 Å². The minimum Gasteiger partial charge on any atom is -0.461 e. The van der Waals surface area contributed by atoms with Crippen molar-refractivity contribution in [3.05, 3.63) is 25.3 Å². The van der Waals surface area contributed by atoms with E-state index in [1.54, 1.807) is 13.0 Å². The molecule has 0 radical (unpaired) electrons. The molecule has 3 saturated heterocycles. The van der Waals surface area contributed by atoms with E-state index in [-0.39, 0.29) is 35.9 Å². The van der Waals surface area contributed by atoms with Crippen molar-refractivity contribution in [3.8, 4) is 0 Å². The molecule has 1 N–H and O–H groups in total. The lowest BCUT2D eigenvalue weighted by Gasteiger charge is -2.42. The maximum atomic E-state index is 14.3. The number of ether oxygens (including phenoxy) is 2. The summed E-state index contributed by atoms with van der Waals surface area (Å²) in [6.07, 6.45) is 8.14. The fraction of sp³-hybridized carbons (Fsp3) is 0.720. The van der Waals surface area contributed by atoms with Crippen molar-refractivity contribution in [3.63, 3.8) is 0 Å². The van der Waals surface area contributed by atoms with Gasteiger partial charge < -0.3 is 24.4 Å². The van der Waals surface area contributed by atoms with Crippen LogP contribution in [0.5, 0.6) is 0 Å². The number of amides is 2. The molecule has 0 aromatic carbocycles. The Kier molecular flexibility index (Phi) is 7.55. The molecule has 4 rings (SSSR count). The molecule has 4 aliphatic rings. The Hall–Kier alpha value is -1.71. The summed E-state index contributed by atoms with van der Waals surface area (Å²) in [5.74, 6) is -2.69. The Balaban J connectivity index is 1.75. The number of rotatable bonds is 9. The zero-order chi connectivity index (χ0) is 24.6. The van der Waals surface area contributed by atoms with Crippen LogP contribution in [0.2, 0.25) is 0 Å². The Morgan fingerprint density at radius 1 is 1.32 bits per heavy atom. The summed E-state index contributed by atoms with van der Waals surface area (Å²) in [4.78, 5) is 44.3. The van der Waals surface area contributed by atoms with E-state index in [9.17, 15) is 19.5 Å². The van der Waals surface area contributed by atoms with Crippen molar-refractivity contribution in [1.29, 1.82) is 0 Å². The number of hydrogen-bond donors (Lipinski definition) is 1. The van der Waals surface area contributed by atoms with E-state index in [1.165, 1.54) is 11.0 Å². The zero-order valence-electron chi connectivity index (χ0n) is 19.7. The third-order valence-electron chi connectivity index (χ3n) is 7.94.